The van der Waals surface area contributed by atoms with Gasteiger partial charge in [-0.25, -0.2) is 4.98 Å². The molecule has 1 aromatic rings. The maximum absolute atomic E-state index is 8.76. The van der Waals surface area contributed by atoms with Gasteiger partial charge in [0.05, 0.1) is 5.69 Å². The molecule has 11 heavy (non-hydrogen) atoms. The van der Waals surface area contributed by atoms with Gasteiger partial charge in [0.1, 0.15) is 12.4 Å². The molecule has 0 unspecified atom stereocenters. The van der Waals surface area contributed by atoms with Crippen LogP contribution in [-0.4, -0.2) is 15.1 Å². The van der Waals surface area contributed by atoms with Crippen molar-refractivity contribution >= 4 is 0 Å². The highest BCUT2D eigenvalue weighted by Gasteiger charge is 2.08. The summed E-state index contributed by atoms with van der Waals surface area (Å²) in [5, 5.41) is 8.76. The number of rotatable bonds is 2. The molecule has 0 atom stereocenters. The second-order valence-electron chi connectivity index (χ2n) is 3.01. The van der Waals surface area contributed by atoms with Gasteiger partial charge in [0.15, 0.2) is 0 Å². The number of H-pyrrole nitrogens is 1. The largest absolute Gasteiger partial charge is 0.388 e. The second-order valence-corrected chi connectivity index (χ2v) is 3.01. The standard InChI is InChI=1S/C8H14N2O/c1-5(2)8-6(3)9-7(4-11)10-8/h5,11H,4H2,1-3H3,(H,9,10). The number of aliphatic hydroxyl groups is 1. The molecule has 2 N–H and O–H groups in total. The summed E-state index contributed by atoms with van der Waals surface area (Å²) >= 11 is 0. The summed E-state index contributed by atoms with van der Waals surface area (Å²) in [6.45, 7) is 6.14. The van der Waals surface area contributed by atoms with Crippen LogP contribution in [0.4, 0.5) is 0 Å². The molecule has 0 spiro atoms. The van der Waals surface area contributed by atoms with Crippen molar-refractivity contribution in [3.8, 4) is 0 Å². The van der Waals surface area contributed by atoms with Gasteiger partial charge in [0.25, 0.3) is 0 Å². The Balaban J connectivity index is 2.97. The number of hydrogen-bond donors (Lipinski definition) is 2. The van der Waals surface area contributed by atoms with Crippen LogP contribution in [0.15, 0.2) is 0 Å². The van der Waals surface area contributed by atoms with E-state index in [9.17, 15) is 0 Å². The second kappa shape index (κ2) is 3.05. The first-order valence-corrected chi connectivity index (χ1v) is 3.81. The number of aromatic amines is 1. The molecule has 0 saturated heterocycles. The van der Waals surface area contributed by atoms with Crippen LogP contribution >= 0.6 is 0 Å². The van der Waals surface area contributed by atoms with Crippen molar-refractivity contribution in [1.29, 1.82) is 0 Å². The molecule has 0 aliphatic heterocycles. The lowest BCUT2D eigenvalue weighted by Gasteiger charge is -1.99. The van der Waals surface area contributed by atoms with Crippen LogP contribution < -0.4 is 0 Å². The molecule has 62 valence electrons. The Morgan fingerprint density at radius 1 is 1.55 bits per heavy atom. The van der Waals surface area contributed by atoms with Gasteiger partial charge in [-0.1, -0.05) is 13.8 Å². The molecule has 0 fully saturated rings. The predicted molar refractivity (Wildman–Crippen MR) is 43.3 cm³/mol. The Morgan fingerprint density at radius 2 is 2.18 bits per heavy atom. The number of imidazole rings is 1. The van der Waals surface area contributed by atoms with Crippen molar-refractivity contribution in [2.45, 2.75) is 33.3 Å². The molecule has 0 amide bonds. The Labute approximate surface area is 66.5 Å². The van der Waals surface area contributed by atoms with Gasteiger partial charge in [-0.05, 0) is 12.8 Å². The lowest BCUT2D eigenvalue weighted by Crippen LogP contribution is -1.90. The summed E-state index contributed by atoms with van der Waals surface area (Å²) in [7, 11) is 0. The van der Waals surface area contributed by atoms with Crippen LogP contribution in [0.2, 0.25) is 0 Å². The Morgan fingerprint density at radius 3 is 2.45 bits per heavy atom. The molecule has 0 aliphatic rings. The van der Waals surface area contributed by atoms with Crippen LogP contribution in [0.25, 0.3) is 0 Å². The minimum atomic E-state index is -0.00639. The highest BCUT2D eigenvalue weighted by atomic mass is 16.3. The van der Waals surface area contributed by atoms with Gasteiger partial charge in [-0.3, -0.25) is 0 Å². The number of nitrogens with one attached hydrogen (secondary N) is 1. The van der Waals surface area contributed by atoms with E-state index in [1.54, 1.807) is 0 Å². The number of aromatic nitrogens is 2. The summed E-state index contributed by atoms with van der Waals surface area (Å²) < 4.78 is 0. The fourth-order valence-corrected chi connectivity index (χ4v) is 1.17. The molecule has 0 saturated carbocycles. The van der Waals surface area contributed by atoms with Crippen molar-refractivity contribution in [3.05, 3.63) is 17.2 Å². The van der Waals surface area contributed by atoms with Crippen LogP contribution in [0.1, 0.15) is 37.0 Å². The van der Waals surface area contributed by atoms with Crippen LogP contribution in [0, 0.1) is 6.92 Å². The molecule has 0 radical (unpaired) electrons. The summed E-state index contributed by atoms with van der Waals surface area (Å²) in [5.41, 5.74) is 2.11. The third-order valence-electron chi connectivity index (χ3n) is 1.67. The first-order chi connectivity index (χ1) is 5.15. The third kappa shape index (κ3) is 1.60. The number of aryl methyl sites for hydroxylation is 1. The first kappa shape index (κ1) is 8.27. The summed E-state index contributed by atoms with van der Waals surface area (Å²) in [4.78, 5) is 7.24. The zero-order valence-electron chi connectivity index (χ0n) is 7.18. The lowest BCUT2D eigenvalue weighted by atomic mass is 10.1. The van der Waals surface area contributed by atoms with E-state index in [1.165, 1.54) is 0 Å². The fraction of sp³-hybridized carbons (Fsp3) is 0.625. The molecule has 0 bridgehead atoms. The minimum absolute atomic E-state index is 0.00639. The maximum Gasteiger partial charge on any atom is 0.132 e. The zero-order chi connectivity index (χ0) is 8.43. The van der Waals surface area contributed by atoms with Gasteiger partial charge in [0, 0.05) is 5.69 Å². The van der Waals surface area contributed by atoms with Crippen LogP contribution in [0.5, 0.6) is 0 Å². The number of nitrogens with zero attached hydrogens (tertiary/aromatic N) is 1. The summed E-state index contributed by atoms with van der Waals surface area (Å²) in [6, 6.07) is 0. The fourth-order valence-electron chi connectivity index (χ4n) is 1.17. The van der Waals surface area contributed by atoms with Crippen molar-refractivity contribution in [1.82, 2.24) is 9.97 Å². The van der Waals surface area contributed by atoms with Crippen LogP contribution in [0.3, 0.4) is 0 Å². The molecular formula is C8H14N2O. The van der Waals surface area contributed by atoms with Crippen molar-refractivity contribution < 1.29 is 5.11 Å². The SMILES string of the molecule is Cc1[nH]c(CO)nc1C(C)C. The van der Waals surface area contributed by atoms with E-state index >= 15 is 0 Å². The molecule has 1 heterocycles. The predicted octanol–water partition coefficient (Wildman–Crippen LogP) is 1.33. The quantitative estimate of drug-likeness (QED) is 0.675. The highest BCUT2D eigenvalue weighted by Crippen LogP contribution is 2.15. The summed E-state index contributed by atoms with van der Waals surface area (Å²) in [5.74, 6) is 1.08. The zero-order valence-corrected chi connectivity index (χ0v) is 7.18. The molecule has 3 nitrogen and oxygen atoms in total. The maximum atomic E-state index is 8.76. The lowest BCUT2D eigenvalue weighted by molar-refractivity contribution is 0.272. The molecule has 1 rings (SSSR count). The normalized spacial score (nSPS) is 11.0. The van der Waals surface area contributed by atoms with E-state index in [2.05, 4.69) is 23.8 Å². The first-order valence-electron chi connectivity index (χ1n) is 3.81. The molecule has 0 aliphatic carbocycles. The van der Waals surface area contributed by atoms with Gasteiger partial charge >= 0.3 is 0 Å². The van der Waals surface area contributed by atoms with Gasteiger partial charge in [-0.15, -0.1) is 0 Å². The van der Waals surface area contributed by atoms with E-state index in [4.69, 9.17) is 5.11 Å². The minimum Gasteiger partial charge on any atom is -0.388 e. The van der Waals surface area contributed by atoms with Gasteiger partial charge in [0.2, 0.25) is 0 Å². The van der Waals surface area contributed by atoms with Gasteiger partial charge in [-0.2, -0.15) is 0 Å². The molecular weight excluding hydrogens is 140 g/mol. The van der Waals surface area contributed by atoms with Crippen molar-refractivity contribution in [2.24, 2.45) is 0 Å². The van der Waals surface area contributed by atoms with E-state index in [0.29, 0.717) is 11.7 Å². The summed E-state index contributed by atoms with van der Waals surface area (Å²) in [6.07, 6.45) is 0. The molecule has 1 aromatic heterocycles. The smallest absolute Gasteiger partial charge is 0.132 e. The van der Waals surface area contributed by atoms with E-state index in [-0.39, 0.29) is 6.61 Å². The topological polar surface area (TPSA) is 48.9 Å². The Bertz CT molecular complexity index is 240. The Kier molecular flexibility index (Phi) is 2.29. The molecule has 0 aromatic carbocycles. The third-order valence-corrected chi connectivity index (χ3v) is 1.67. The number of hydrogen-bond acceptors (Lipinski definition) is 2. The average molecular weight is 154 g/mol. The van der Waals surface area contributed by atoms with Crippen LogP contribution in [-0.2, 0) is 6.61 Å². The molecule has 3 heteroatoms. The highest BCUT2D eigenvalue weighted by molar-refractivity contribution is 5.15. The monoisotopic (exact) mass is 154 g/mol. The Hall–Kier alpha value is -0.830. The number of aliphatic hydroxyl groups excluding tert-OH is 1. The van der Waals surface area contributed by atoms with Gasteiger partial charge < -0.3 is 10.1 Å². The van der Waals surface area contributed by atoms with E-state index < -0.39 is 0 Å². The van der Waals surface area contributed by atoms with Crippen molar-refractivity contribution in [2.75, 3.05) is 0 Å². The van der Waals surface area contributed by atoms with E-state index in [0.717, 1.165) is 11.4 Å². The average Bonchev–Trinajstić information content (AvgIpc) is 2.30. The van der Waals surface area contributed by atoms with Crippen molar-refractivity contribution in [3.63, 3.8) is 0 Å². The van der Waals surface area contributed by atoms with E-state index in [1.807, 2.05) is 6.92 Å².